The van der Waals surface area contributed by atoms with E-state index >= 15 is 0 Å². The minimum Gasteiger partial charge on any atom is -0.854 e. The summed E-state index contributed by atoms with van der Waals surface area (Å²) in [6, 6.07) is 0. The second-order valence-electron chi connectivity index (χ2n) is 2.87. The van der Waals surface area contributed by atoms with Gasteiger partial charge in [0.1, 0.15) is 0 Å². The number of hydrogen-bond donors (Lipinski definition) is 0. The molecule has 10 radical (unpaired) electrons. The predicted octanol–water partition coefficient (Wildman–Crippen LogP) is -0.499. The van der Waals surface area contributed by atoms with Crippen LogP contribution in [0.25, 0.3) is 0 Å². The van der Waals surface area contributed by atoms with Crippen molar-refractivity contribution in [3.8, 4) is 0 Å². The fraction of sp³-hybridized carbons (Fsp3) is 0.167. The van der Waals surface area contributed by atoms with E-state index < -0.39 is 0 Å². The average molecular weight is 244 g/mol. The number of rotatable bonds is 2. The quantitative estimate of drug-likeness (QED) is 0.615. The molecular formula is C12H12FeO2. The zero-order valence-corrected chi connectivity index (χ0v) is 9.31. The van der Waals surface area contributed by atoms with Crippen LogP contribution in [0.3, 0.4) is 0 Å². The van der Waals surface area contributed by atoms with E-state index in [1.807, 2.05) is 51.4 Å². The van der Waals surface area contributed by atoms with E-state index in [2.05, 4.69) is 0 Å². The van der Waals surface area contributed by atoms with Gasteiger partial charge in [0.15, 0.2) is 0 Å². The predicted molar refractivity (Wildman–Crippen MR) is 50.6 cm³/mol. The maximum atomic E-state index is 9.99. The van der Waals surface area contributed by atoms with E-state index in [0.717, 1.165) is 11.8 Å². The van der Waals surface area contributed by atoms with Crippen molar-refractivity contribution < 1.29 is 27.3 Å². The van der Waals surface area contributed by atoms with Gasteiger partial charge in [-0.25, -0.2) is 0 Å². The van der Waals surface area contributed by atoms with Gasteiger partial charge in [-0.05, 0) is 63.2 Å². The van der Waals surface area contributed by atoms with Crippen LogP contribution in [0.5, 0.6) is 0 Å². The van der Waals surface area contributed by atoms with E-state index in [9.17, 15) is 10.2 Å². The van der Waals surface area contributed by atoms with Crippen molar-refractivity contribution in [2.75, 3.05) is 13.2 Å². The minimum absolute atomic E-state index is 0. The largest absolute Gasteiger partial charge is 2.00 e. The van der Waals surface area contributed by atoms with Gasteiger partial charge >= 0.3 is 17.1 Å². The maximum absolute atomic E-state index is 9.99. The summed E-state index contributed by atoms with van der Waals surface area (Å²) in [5.41, 5.74) is 0. The molecule has 2 aliphatic rings. The first kappa shape index (κ1) is 15.4. The third-order valence-electron chi connectivity index (χ3n) is 1.80. The Morgan fingerprint density at radius 3 is 1.07 bits per heavy atom. The zero-order valence-electron chi connectivity index (χ0n) is 8.20. The molecule has 2 rings (SSSR count). The smallest absolute Gasteiger partial charge is 0.854 e. The van der Waals surface area contributed by atoms with E-state index in [1.165, 1.54) is 0 Å². The molecule has 0 spiro atoms. The van der Waals surface area contributed by atoms with Gasteiger partial charge < -0.3 is 10.2 Å². The van der Waals surface area contributed by atoms with Gasteiger partial charge in [0.05, 0.1) is 0 Å². The van der Waals surface area contributed by atoms with E-state index in [-0.39, 0.29) is 30.3 Å². The molecule has 0 atom stereocenters. The van der Waals surface area contributed by atoms with Crippen LogP contribution in [-0.4, -0.2) is 13.2 Å². The number of hydrogen-bond acceptors (Lipinski definition) is 2. The second-order valence-corrected chi connectivity index (χ2v) is 2.87. The van der Waals surface area contributed by atoms with Crippen LogP contribution in [0.15, 0.2) is 0 Å². The van der Waals surface area contributed by atoms with Gasteiger partial charge in [-0.15, -0.1) is 13.2 Å². The normalized spacial score (nSPS) is 22.0. The van der Waals surface area contributed by atoms with Gasteiger partial charge in [0.2, 0.25) is 0 Å². The Morgan fingerprint density at radius 1 is 0.667 bits per heavy atom. The van der Waals surface area contributed by atoms with Gasteiger partial charge in [0.25, 0.3) is 0 Å². The summed E-state index contributed by atoms with van der Waals surface area (Å²) >= 11 is 0. The third kappa shape index (κ3) is 6.57. The van der Waals surface area contributed by atoms with E-state index in [1.54, 1.807) is 0 Å². The van der Waals surface area contributed by atoms with E-state index in [0.29, 0.717) is 0 Å². The van der Waals surface area contributed by atoms with Crippen LogP contribution in [-0.2, 0) is 17.1 Å². The molecule has 15 heavy (non-hydrogen) atoms. The van der Waals surface area contributed by atoms with Crippen molar-refractivity contribution in [1.82, 2.24) is 0 Å². The fourth-order valence-electron chi connectivity index (χ4n) is 1.02. The molecule has 0 aromatic heterocycles. The van der Waals surface area contributed by atoms with Crippen LogP contribution in [0.2, 0.25) is 0 Å². The SMILES string of the molecule is [Fe+2].[O-]C[C]1[CH][CH][CH][CH]1.[O-]C[C]1[CH][CH][CH][CH]1. The molecule has 0 bridgehead atoms. The van der Waals surface area contributed by atoms with Gasteiger partial charge in [0, 0.05) is 0 Å². The molecule has 0 N–H and O–H groups in total. The van der Waals surface area contributed by atoms with Crippen molar-refractivity contribution in [2.45, 2.75) is 0 Å². The summed E-state index contributed by atoms with van der Waals surface area (Å²) in [5.74, 6) is 1.75. The second kappa shape index (κ2) is 9.65. The molecule has 0 saturated heterocycles. The van der Waals surface area contributed by atoms with Gasteiger partial charge in [-0.1, -0.05) is 0 Å². The van der Waals surface area contributed by atoms with Crippen LogP contribution in [0, 0.1) is 63.2 Å². The van der Waals surface area contributed by atoms with Crippen LogP contribution in [0.1, 0.15) is 0 Å². The van der Waals surface area contributed by atoms with Crippen molar-refractivity contribution in [3.63, 3.8) is 0 Å². The molecule has 80 valence electrons. The topological polar surface area (TPSA) is 46.1 Å². The molecule has 0 amide bonds. The Labute approximate surface area is 104 Å². The summed E-state index contributed by atoms with van der Waals surface area (Å²) < 4.78 is 0. The van der Waals surface area contributed by atoms with Crippen LogP contribution < -0.4 is 10.2 Å². The van der Waals surface area contributed by atoms with Gasteiger partial charge in [-0.2, -0.15) is 0 Å². The molecule has 3 heteroatoms. The Kier molecular flexibility index (Phi) is 9.93. The molecule has 0 aromatic carbocycles. The van der Waals surface area contributed by atoms with Gasteiger partial charge in [-0.3, -0.25) is 0 Å². The first-order chi connectivity index (χ1) is 6.86. The first-order valence-corrected chi connectivity index (χ1v) is 4.44. The average Bonchev–Trinajstić information content (AvgIpc) is 2.92. The maximum Gasteiger partial charge on any atom is 2.00 e. The summed E-state index contributed by atoms with van der Waals surface area (Å²) in [5, 5.41) is 20.0. The van der Waals surface area contributed by atoms with Crippen molar-refractivity contribution in [1.29, 1.82) is 0 Å². The monoisotopic (exact) mass is 244 g/mol. The summed E-state index contributed by atoms with van der Waals surface area (Å²) in [6.45, 7) is -0.181. The molecule has 0 aromatic rings. The molecule has 2 aliphatic carbocycles. The zero-order chi connectivity index (χ0) is 10.2. The molecule has 2 fully saturated rings. The van der Waals surface area contributed by atoms with Crippen LogP contribution in [0.4, 0.5) is 0 Å². The van der Waals surface area contributed by atoms with E-state index in [4.69, 9.17) is 0 Å². The fourth-order valence-corrected chi connectivity index (χ4v) is 1.02. The summed E-state index contributed by atoms with van der Waals surface area (Å²) in [6.07, 6.45) is 14.8. The standard InChI is InChI=1S/2C6H6O.Fe/c2*7-5-6-3-1-2-4-6;/h2*1-4H,5H2;/q2*-1;+2. The minimum atomic E-state index is -0.0903. The molecule has 0 heterocycles. The van der Waals surface area contributed by atoms with Crippen molar-refractivity contribution >= 4 is 0 Å². The Bertz CT molecular complexity index is 114. The summed E-state index contributed by atoms with van der Waals surface area (Å²) in [4.78, 5) is 0. The Balaban J connectivity index is 0.000000245. The van der Waals surface area contributed by atoms with Crippen molar-refractivity contribution in [2.24, 2.45) is 0 Å². The summed E-state index contributed by atoms with van der Waals surface area (Å²) in [7, 11) is 0. The Morgan fingerprint density at radius 2 is 0.933 bits per heavy atom. The molecule has 2 nitrogen and oxygen atoms in total. The van der Waals surface area contributed by atoms with Crippen molar-refractivity contribution in [3.05, 3.63) is 63.2 Å². The van der Waals surface area contributed by atoms with Crippen LogP contribution >= 0.6 is 0 Å². The first-order valence-electron chi connectivity index (χ1n) is 4.44. The Hall–Kier alpha value is 0.439. The molecule has 0 unspecified atom stereocenters. The molecular weight excluding hydrogens is 232 g/mol. The third-order valence-corrected chi connectivity index (χ3v) is 1.80. The molecule has 0 aliphatic heterocycles. The molecule has 2 saturated carbocycles.